The van der Waals surface area contributed by atoms with Crippen LogP contribution >= 0.6 is 0 Å². The van der Waals surface area contributed by atoms with Gasteiger partial charge in [-0.25, -0.2) is 0 Å². The number of hydrogen-bond donors (Lipinski definition) is 0. The van der Waals surface area contributed by atoms with Crippen molar-refractivity contribution in [1.82, 2.24) is 0 Å². The van der Waals surface area contributed by atoms with Crippen molar-refractivity contribution in [1.29, 1.82) is 0 Å². The highest BCUT2D eigenvalue weighted by atomic mass is 19.3. The van der Waals surface area contributed by atoms with E-state index in [9.17, 15) is 17.6 Å². The normalized spacial score (nSPS) is 38.5. The van der Waals surface area contributed by atoms with Crippen molar-refractivity contribution >= 4 is 0 Å². The first kappa shape index (κ1) is 9.73. The molecule has 1 heterocycles. The van der Waals surface area contributed by atoms with Gasteiger partial charge in [-0.1, -0.05) is 0 Å². The molecule has 1 aliphatic rings. The maximum Gasteiger partial charge on any atom is 0.422 e. The lowest BCUT2D eigenvalue weighted by molar-refractivity contribution is -0.320. The van der Waals surface area contributed by atoms with Crippen LogP contribution in [0.5, 0.6) is 0 Å². The molecule has 0 aliphatic carbocycles. The second kappa shape index (κ2) is 2.32. The molecule has 6 heteroatoms. The Morgan fingerprint density at radius 2 is 1.75 bits per heavy atom. The minimum absolute atomic E-state index is 0.816. The Hall–Kier alpha value is -0.360. The standard InChI is InChI=1S/C6H8F4O2/c1-4(11-2)3-12-6(9,10)5(4,7)8/h3H2,1-2H3. The molecule has 0 radical (unpaired) electrons. The van der Waals surface area contributed by atoms with E-state index < -0.39 is 24.2 Å². The number of methoxy groups -OCH3 is 1. The Balaban J connectivity index is 3.00. The summed E-state index contributed by atoms with van der Waals surface area (Å²) >= 11 is 0. The Kier molecular flexibility index (Phi) is 1.88. The molecule has 0 aromatic heterocycles. The minimum Gasteiger partial charge on any atom is -0.369 e. The lowest BCUT2D eigenvalue weighted by Gasteiger charge is -2.28. The van der Waals surface area contributed by atoms with E-state index in [2.05, 4.69) is 9.47 Å². The molecule has 1 aliphatic heterocycles. The van der Waals surface area contributed by atoms with Crippen LogP contribution in [0.15, 0.2) is 0 Å². The summed E-state index contributed by atoms with van der Waals surface area (Å²) in [6.07, 6.45) is -4.43. The van der Waals surface area contributed by atoms with Gasteiger partial charge in [-0.15, -0.1) is 0 Å². The molecule has 0 bridgehead atoms. The van der Waals surface area contributed by atoms with Gasteiger partial charge < -0.3 is 9.47 Å². The molecular weight excluding hydrogens is 180 g/mol. The van der Waals surface area contributed by atoms with Crippen molar-refractivity contribution in [3.63, 3.8) is 0 Å². The number of halogens is 4. The van der Waals surface area contributed by atoms with E-state index in [1.807, 2.05) is 0 Å². The van der Waals surface area contributed by atoms with Crippen LogP contribution in [0.2, 0.25) is 0 Å². The van der Waals surface area contributed by atoms with Crippen LogP contribution in [-0.4, -0.2) is 31.3 Å². The third kappa shape index (κ3) is 0.942. The van der Waals surface area contributed by atoms with Crippen LogP contribution in [0.3, 0.4) is 0 Å². The zero-order valence-electron chi connectivity index (χ0n) is 6.54. The number of rotatable bonds is 1. The second-order valence-electron chi connectivity index (χ2n) is 2.81. The molecule has 0 aromatic rings. The minimum atomic E-state index is -4.43. The summed E-state index contributed by atoms with van der Waals surface area (Å²) < 4.78 is 58.2. The van der Waals surface area contributed by atoms with Crippen molar-refractivity contribution in [2.45, 2.75) is 24.6 Å². The van der Waals surface area contributed by atoms with E-state index in [0.29, 0.717) is 0 Å². The van der Waals surface area contributed by atoms with Crippen LogP contribution < -0.4 is 0 Å². The van der Waals surface area contributed by atoms with E-state index in [4.69, 9.17) is 0 Å². The first-order valence-corrected chi connectivity index (χ1v) is 3.21. The third-order valence-corrected chi connectivity index (χ3v) is 2.01. The Morgan fingerprint density at radius 1 is 1.25 bits per heavy atom. The van der Waals surface area contributed by atoms with Gasteiger partial charge in [-0.05, 0) is 6.92 Å². The lowest BCUT2D eigenvalue weighted by atomic mass is 10.0. The molecule has 1 saturated heterocycles. The maximum atomic E-state index is 12.8. The highest BCUT2D eigenvalue weighted by molar-refractivity contribution is 5.01. The summed E-state index contributed by atoms with van der Waals surface area (Å²) in [6, 6.07) is 0. The summed E-state index contributed by atoms with van der Waals surface area (Å²) in [5, 5.41) is 0. The van der Waals surface area contributed by atoms with Gasteiger partial charge in [0, 0.05) is 7.11 Å². The molecule has 0 aromatic carbocycles. The molecule has 1 atom stereocenters. The van der Waals surface area contributed by atoms with Crippen LogP contribution in [0.25, 0.3) is 0 Å². The van der Waals surface area contributed by atoms with E-state index in [1.165, 1.54) is 0 Å². The number of hydrogen-bond acceptors (Lipinski definition) is 2. The monoisotopic (exact) mass is 188 g/mol. The molecule has 0 spiro atoms. The van der Waals surface area contributed by atoms with Crippen LogP contribution in [0, 0.1) is 0 Å². The largest absolute Gasteiger partial charge is 0.422 e. The summed E-state index contributed by atoms with van der Waals surface area (Å²) in [4.78, 5) is 0. The molecule has 0 N–H and O–H groups in total. The fraction of sp³-hybridized carbons (Fsp3) is 1.00. The molecule has 1 fully saturated rings. The van der Waals surface area contributed by atoms with E-state index in [1.54, 1.807) is 0 Å². The topological polar surface area (TPSA) is 18.5 Å². The average Bonchev–Trinajstić information content (AvgIpc) is 2.12. The summed E-state index contributed by atoms with van der Waals surface area (Å²) in [6.45, 7) is 0.0669. The molecule has 12 heavy (non-hydrogen) atoms. The molecule has 1 unspecified atom stereocenters. The van der Waals surface area contributed by atoms with Gasteiger partial charge in [0.1, 0.15) is 0 Å². The van der Waals surface area contributed by atoms with E-state index >= 15 is 0 Å². The zero-order chi connectivity index (χ0) is 9.62. The summed E-state index contributed by atoms with van der Waals surface area (Å²) in [7, 11) is 0.943. The molecule has 2 nitrogen and oxygen atoms in total. The van der Waals surface area contributed by atoms with Gasteiger partial charge in [0.25, 0.3) is 0 Å². The van der Waals surface area contributed by atoms with E-state index in [-0.39, 0.29) is 0 Å². The fourth-order valence-electron chi connectivity index (χ4n) is 0.905. The summed E-state index contributed by atoms with van der Waals surface area (Å²) in [5.41, 5.74) is -2.24. The van der Waals surface area contributed by atoms with Gasteiger partial charge in [-0.3, -0.25) is 0 Å². The smallest absolute Gasteiger partial charge is 0.369 e. The Morgan fingerprint density at radius 3 is 1.92 bits per heavy atom. The highest BCUT2D eigenvalue weighted by Gasteiger charge is 2.74. The van der Waals surface area contributed by atoms with Crippen LogP contribution in [0.4, 0.5) is 17.6 Å². The summed E-state index contributed by atoms with van der Waals surface area (Å²) in [5.74, 6) is -4.28. The first-order valence-electron chi connectivity index (χ1n) is 3.21. The Bertz CT molecular complexity index is 194. The van der Waals surface area contributed by atoms with Crippen LogP contribution in [-0.2, 0) is 9.47 Å². The predicted molar refractivity (Wildman–Crippen MR) is 31.3 cm³/mol. The van der Waals surface area contributed by atoms with Crippen LogP contribution in [0.1, 0.15) is 6.92 Å². The average molecular weight is 188 g/mol. The van der Waals surface area contributed by atoms with Gasteiger partial charge in [-0.2, -0.15) is 17.6 Å². The zero-order valence-corrected chi connectivity index (χ0v) is 6.54. The van der Waals surface area contributed by atoms with Gasteiger partial charge in [0.05, 0.1) is 6.61 Å². The molecule has 1 rings (SSSR count). The van der Waals surface area contributed by atoms with Gasteiger partial charge in [0.2, 0.25) is 0 Å². The van der Waals surface area contributed by atoms with Crippen molar-refractivity contribution < 1.29 is 27.0 Å². The van der Waals surface area contributed by atoms with Gasteiger partial charge in [0.15, 0.2) is 5.60 Å². The van der Waals surface area contributed by atoms with Gasteiger partial charge >= 0.3 is 12.0 Å². The van der Waals surface area contributed by atoms with Crippen molar-refractivity contribution in [2.75, 3.05) is 13.7 Å². The Labute approximate surface area is 66.4 Å². The van der Waals surface area contributed by atoms with Crippen molar-refractivity contribution in [3.8, 4) is 0 Å². The lowest BCUT2D eigenvalue weighted by Crippen LogP contribution is -2.52. The van der Waals surface area contributed by atoms with E-state index in [0.717, 1.165) is 14.0 Å². The number of ether oxygens (including phenoxy) is 2. The first-order chi connectivity index (χ1) is 5.27. The highest BCUT2D eigenvalue weighted by Crippen LogP contribution is 2.50. The molecular formula is C6H8F4O2. The molecule has 0 saturated carbocycles. The van der Waals surface area contributed by atoms with Crippen molar-refractivity contribution in [2.24, 2.45) is 0 Å². The predicted octanol–water partition coefficient (Wildman–Crippen LogP) is 1.65. The second-order valence-corrected chi connectivity index (χ2v) is 2.81. The SMILES string of the molecule is COC1(C)COC(F)(F)C1(F)F. The third-order valence-electron chi connectivity index (χ3n) is 2.01. The number of alkyl halides is 4. The molecule has 0 amide bonds. The maximum absolute atomic E-state index is 12.8. The quantitative estimate of drug-likeness (QED) is 0.582. The molecule has 72 valence electrons. The fourth-order valence-corrected chi connectivity index (χ4v) is 0.905. The van der Waals surface area contributed by atoms with Crippen molar-refractivity contribution in [3.05, 3.63) is 0 Å².